The minimum atomic E-state index is 0.0195. The number of benzene rings is 2. The molecule has 0 aliphatic rings. The van der Waals surface area contributed by atoms with Crippen molar-refractivity contribution in [3.63, 3.8) is 0 Å². The van der Waals surface area contributed by atoms with E-state index >= 15 is 0 Å². The molecule has 2 N–H and O–H groups in total. The van der Waals surface area contributed by atoms with E-state index in [2.05, 4.69) is 19.9 Å². The summed E-state index contributed by atoms with van der Waals surface area (Å²) in [7, 11) is 0. The maximum Gasteiger partial charge on any atom is 0.132 e. The van der Waals surface area contributed by atoms with Crippen LogP contribution in [0, 0.1) is 6.92 Å². The number of ether oxygens (including phenoxy) is 1. The normalized spacial score (nSPS) is 12.2. The molecule has 0 aliphatic heterocycles. The third-order valence-electron chi connectivity index (χ3n) is 2.98. The molecule has 2 rings (SSSR count). The van der Waals surface area contributed by atoms with E-state index in [1.165, 1.54) is 5.56 Å². The van der Waals surface area contributed by atoms with Gasteiger partial charge in [-0.25, -0.2) is 0 Å². The smallest absolute Gasteiger partial charge is 0.132 e. The number of hydrogen-bond donors (Lipinski definition) is 1. The lowest BCUT2D eigenvalue weighted by molar-refractivity contribution is 0.468. The molecular weight excluding hydrogens is 222 g/mol. The van der Waals surface area contributed by atoms with E-state index in [-0.39, 0.29) is 6.04 Å². The predicted octanol–water partition coefficient (Wildman–Crippen LogP) is 4.20. The highest BCUT2D eigenvalue weighted by molar-refractivity contribution is 5.40. The maximum absolute atomic E-state index is 6.10. The summed E-state index contributed by atoms with van der Waals surface area (Å²) in [6, 6.07) is 16.0. The Bertz CT molecular complexity index is 522. The molecule has 2 aromatic rings. The van der Waals surface area contributed by atoms with Gasteiger partial charge >= 0.3 is 0 Å². The van der Waals surface area contributed by atoms with E-state index in [1.54, 1.807) is 0 Å². The van der Waals surface area contributed by atoms with Crippen LogP contribution in [0.15, 0.2) is 48.5 Å². The van der Waals surface area contributed by atoms with Crippen LogP contribution in [0.25, 0.3) is 0 Å². The molecule has 0 fully saturated rings. The summed E-state index contributed by atoms with van der Waals surface area (Å²) in [5.74, 6) is 1.70. The molecule has 2 nitrogen and oxygen atoms in total. The first-order valence-electron chi connectivity index (χ1n) is 6.29. The topological polar surface area (TPSA) is 35.2 Å². The summed E-state index contributed by atoms with van der Waals surface area (Å²) >= 11 is 0. The molecule has 0 aliphatic carbocycles. The van der Waals surface area contributed by atoms with E-state index in [9.17, 15) is 0 Å². The van der Waals surface area contributed by atoms with Crippen LogP contribution in [0.4, 0.5) is 0 Å². The van der Waals surface area contributed by atoms with Crippen molar-refractivity contribution in [1.82, 2.24) is 0 Å². The standard InChI is InChI=1S/C16H19NO/c1-3-15(17)14-9-4-5-10-16(14)18-13-8-6-7-12(2)11-13/h4-11,15H,3,17H2,1-2H3. The zero-order chi connectivity index (χ0) is 13.0. The average molecular weight is 241 g/mol. The van der Waals surface area contributed by atoms with E-state index in [1.807, 2.05) is 42.5 Å². The van der Waals surface area contributed by atoms with Crippen LogP contribution in [-0.4, -0.2) is 0 Å². The fourth-order valence-electron chi connectivity index (χ4n) is 1.91. The Morgan fingerprint density at radius 2 is 1.89 bits per heavy atom. The first kappa shape index (κ1) is 12.7. The van der Waals surface area contributed by atoms with Crippen molar-refractivity contribution >= 4 is 0 Å². The molecule has 0 spiro atoms. The minimum Gasteiger partial charge on any atom is -0.457 e. The van der Waals surface area contributed by atoms with Gasteiger partial charge in [-0.1, -0.05) is 37.3 Å². The highest BCUT2D eigenvalue weighted by Crippen LogP contribution is 2.30. The quantitative estimate of drug-likeness (QED) is 0.870. The molecule has 18 heavy (non-hydrogen) atoms. The maximum atomic E-state index is 6.10. The van der Waals surface area contributed by atoms with Gasteiger partial charge in [-0.2, -0.15) is 0 Å². The van der Waals surface area contributed by atoms with Crippen molar-refractivity contribution in [3.05, 3.63) is 59.7 Å². The van der Waals surface area contributed by atoms with Crippen molar-refractivity contribution < 1.29 is 4.74 Å². The second-order valence-corrected chi connectivity index (χ2v) is 4.47. The monoisotopic (exact) mass is 241 g/mol. The van der Waals surface area contributed by atoms with Crippen molar-refractivity contribution in [2.45, 2.75) is 26.3 Å². The van der Waals surface area contributed by atoms with E-state index < -0.39 is 0 Å². The number of para-hydroxylation sites is 1. The van der Waals surface area contributed by atoms with Gasteiger partial charge in [-0.3, -0.25) is 0 Å². The van der Waals surface area contributed by atoms with Gasteiger partial charge in [0.25, 0.3) is 0 Å². The predicted molar refractivity (Wildman–Crippen MR) is 74.9 cm³/mol. The molecule has 1 unspecified atom stereocenters. The molecule has 0 saturated carbocycles. The highest BCUT2D eigenvalue weighted by Gasteiger charge is 2.10. The summed E-state index contributed by atoms with van der Waals surface area (Å²) in [4.78, 5) is 0. The van der Waals surface area contributed by atoms with Gasteiger partial charge in [-0.15, -0.1) is 0 Å². The minimum absolute atomic E-state index is 0.0195. The highest BCUT2D eigenvalue weighted by atomic mass is 16.5. The molecule has 0 bridgehead atoms. The van der Waals surface area contributed by atoms with Crippen molar-refractivity contribution in [3.8, 4) is 11.5 Å². The van der Waals surface area contributed by atoms with Crippen molar-refractivity contribution in [1.29, 1.82) is 0 Å². The molecule has 94 valence electrons. The molecule has 0 saturated heterocycles. The van der Waals surface area contributed by atoms with Gasteiger partial charge in [0.2, 0.25) is 0 Å². The Morgan fingerprint density at radius 1 is 1.11 bits per heavy atom. The third-order valence-corrected chi connectivity index (χ3v) is 2.98. The number of aryl methyl sites for hydroxylation is 1. The molecule has 0 radical (unpaired) electrons. The Balaban J connectivity index is 2.29. The molecule has 0 amide bonds. The molecule has 2 aromatic carbocycles. The lowest BCUT2D eigenvalue weighted by atomic mass is 10.0. The Labute approximate surface area is 108 Å². The fourth-order valence-corrected chi connectivity index (χ4v) is 1.91. The third kappa shape index (κ3) is 2.90. The zero-order valence-corrected chi connectivity index (χ0v) is 10.9. The lowest BCUT2D eigenvalue weighted by Gasteiger charge is -2.15. The van der Waals surface area contributed by atoms with Crippen LogP contribution >= 0.6 is 0 Å². The molecular formula is C16H19NO. The van der Waals surface area contributed by atoms with Gasteiger partial charge < -0.3 is 10.5 Å². The lowest BCUT2D eigenvalue weighted by Crippen LogP contribution is -2.09. The molecule has 1 atom stereocenters. The first-order chi connectivity index (χ1) is 8.70. The SMILES string of the molecule is CCC(N)c1ccccc1Oc1cccc(C)c1. The zero-order valence-electron chi connectivity index (χ0n) is 10.9. The van der Waals surface area contributed by atoms with Crippen LogP contribution in [-0.2, 0) is 0 Å². The molecule has 0 aromatic heterocycles. The summed E-state index contributed by atoms with van der Waals surface area (Å²) < 4.78 is 5.93. The van der Waals surface area contributed by atoms with Crippen LogP contribution in [0.3, 0.4) is 0 Å². The van der Waals surface area contributed by atoms with Gasteiger partial charge in [0, 0.05) is 11.6 Å². The van der Waals surface area contributed by atoms with Crippen molar-refractivity contribution in [2.24, 2.45) is 5.73 Å². The second kappa shape index (κ2) is 5.69. The second-order valence-electron chi connectivity index (χ2n) is 4.47. The fraction of sp³-hybridized carbons (Fsp3) is 0.250. The number of rotatable bonds is 4. The summed E-state index contributed by atoms with van der Waals surface area (Å²) in [6.07, 6.45) is 0.897. The van der Waals surface area contributed by atoms with E-state index in [0.717, 1.165) is 23.5 Å². The van der Waals surface area contributed by atoms with E-state index in [0.29, 0.717) is 0 Å². The Morgan fingerprint density at radius 3 is 2.61 bits per heavy atom. The molecule has 0 heterocycles. The first-order valence-corrected chi connectivity index (χ1v) is 6.29. The van der Waals surface area contributed by atoms with Gasteiger partial charge in [-0.05, 0) is 37.1 Å². The molecule has 2 heteroatoms. The number of nitrogens with two attached hydrogens (primary N) is 1. The number of hydrogen-bond acceptors (Lipinski definition) is 2. The van der Waals surface area contributed by atoms with Crippen LogP contribution < -0.4 is 10.5 Å². The van der Waals surface area contributed by atoms with Crippen LogP contribution in [0.2, 0.25) is 0 Å². The van der Waals surface area contributed by atoms with Crippen LogP contribution in [0.1, 0.15) is 30.5 Å². The van der Waals surface area contributed by atoms with Gasteiger partial charge in [0.05, 0.1) is 0 Å². The van der Waals surface area contributed by atoms with Gasteiger partial charge in [0.15, 0.2) is 0 Å². The largest absolute Gasteiger partial charge is 0.457 e. The van der Waals surface area contributed by atoms with E-state index in [4.69, 9.17) is 10.5 Å². The Hall–Kier alpha value is -1.80. The Kier molecular flexibility index (Phi) is 4.00. The summed E-state index contributed by atoms with van der Waals surface area (Å²) in [5.41, 5.74) is 8.34. The van der Waals surface area contributed by atoms with Gasteiger partial charge in [0.1, 0.15) is 11.5 Å². The average Bonchev–Trinajstić information content (AvgIpc) is 2.38. The summed E-state index contributed by atoms with van der Waals surface area (Å²) in [5, 5.41) is 0. The van der Waals surface area contributed by atoms with Crippen molar-refractivity contribution in [2.75, 3.05) is 0 Å². The summed E-state index contributed by atoms with van der Waals surface area (Å²) in [6.45, 7) is 4.13. The van der Waals surface area contributed by atoms with Crippen LogP contribution in [0.5, 0.6) is 11.5 Å².